The molecule has 0 saturated heterocycles. The number of benzene rings is 1. The molecule has 1 atom stereocenters. The molecule has 0 radical (unpaired) electrons. The quantitative estimate of drug-likeness (QED) is 0.364. The molecule has 1 rings (SSSR count). The number of hydrogen-bond acceptors (Lipinski definition) is 5. The highest BCUT2D eigenvalue weighted by atomic mass is 35.5. The molecule has 0 saturated carbocycles. The van der Waals surface area contributed by atoms with Crippen molar-refractivity contribution in [1.82, 2.24) is 0 Å². The lowest BCUT2D eigenvalue weighted by Crippen LogP contribution is -2.02. The smallest absolute Gasteiger partial charge is 0.279 e. The normalized spacial score (nSPS) is 11.9. The lowest BCUT2D eigenvalue weighted by molar-refractivity contribution is -0.422. The first-order chi connectivity index (χ1) is 7.84. The zero-order valence-corrected chi connectivity index (χ0v) is 9.51. The fraction of sp³-hybridized carbons (Fsp3) is 0.125. The van der Waals surface area contributed by atoms with Crippen LogP contribution in [0.1, 0.15) is 10.9 Å². The maximum absolute atomic E-state index is 10.8. The monoisotopic (exact) mass is 278 g/mol. The van der Waals surface area contributed by atoms with E-state index >= 15 is 0 Å². The van der Waals surface area contributed by atoms with Gasteiger partial charge in [-0.25, -0.2) is 0 Å². The molecule has 0 heterocycles. The zero-order valence-electron chi connectivity index (χ0n) is 8.00. The summed E-state index contributed by atoms with van der Waals surface area (Å²) in [4.78, 5) is 30.1. The van der Waals surface area contributed by atoms with Gasteiger partial charge in [0.2, 0.25) is 5.24 Å². The average Bonchev–Trinajstić information content (AvgIpc) is 2.26. The molecule has 1 unspecified atom stereocenters. The minimum Gasteiger partial charge on any atom is -0.279 e. The molecule has 0 spiro atoms. The van der Waals surface area contributed by atoms with Crippen LogP contribution in [0.5, 0.6) is 0 Å². The SMILES string of the molecule is O=C(Cl)C(Cl)c1ccc([N+](=O)[O-])c([N+](=O)[O-])c1. The topological polar surface area (TPSA) is 103 Å². The number of halogens is 2. The number of nitrogens with zero attached hydrogens (tertiary/aromatic N) is 2. The van der Waals surface area contributed by atoms with E-state index in [4.69, 9.17) is 23.2 Å². The highest BCUT2D eigenvalue weighted by Crippen LogP contribution is 2.32. The van der Waals surface area contributed by atoms with Crippen LogP contribution in [0.4, 0.5) is 11.4 Å². The van der Waals surface area contributed by atoms with Crippen molar-refractivity contribution in [1.29, 1.82) is 0 Å². The summed E-state index contributed by atoms with van der Waals surface area (Å²) in [6.45, 7) is 0. The number of nitro benzene ring substituents is 2. The lowest BCUT2D eigenvalue weighted by Gasteiger charge is -2.04. The largest absolute Gasteiger partial charge is 0.346 e. The average molecular weight is 279 g/mol. The van der Waals surface area contributed by atoms with Crippen LogP contribution >= 0.6 is 23.2 Å². The number of nitro groups is 2. The number of rotatable bonds is 4. The van der Waals surface area contributed by atoms with Crippen LogP contribution in [0.25, 0.3) is 0 Å². The predicted octanol–water partition coefficient (Wildman–Crippen LogP) is 2.55. The van der Waals surface area contributed by atoms with Gasteiger partial charge in [-0.3, -0.25) is 25.0 Å². The molecule has 0 aliphatic carbocycles. The second kappa shape index (κ2) is 5.07. The molecule has 1 aromatic carbocycles. The number of hydrogen-bond donors (Lipinski definition) is 0. The van der Waals surface area contributed by atoms with Gasteiger partial charge in [0.1, 0.15) is 5.38 Å². The lowest BCUT2D eigenvalue weighted by atomic mass is 10.1. The van der Waals surface area contributed by atoms with Crippen molar-refractivity contribution in [3.8, 4) is 0 Å². The Morgan fingerprint density at radius 3 is 2.12 bits per heavy atom. The number of alkyl halides is 1. The van der Waals surface area contributed by atoms with Crippen LogP contribution in [0.3, 0.4) is 0 Å². The van der Waals surface area contributed by atoms with Crippen molar-refractivity contribution in [2.24, 2.45) is 0 Å². The summed E-state index contributed by atoms with van der Waals surface area (Å²) < 4.78 is 0. The highest BCUT2D eigenvalue weighted by molar-refractivity contribution is 6.68. The summed E-state index contributed by atoms with van der Waals surface area (Å²) in [7, 11) is 0. The van der Waals surface area contributed by atoms with Crippen molar-refractivity contribution < 1.29 is 14.6 Å². The van der Waals surface area contributed by atoms with Crippen molar-refractivity contribution in [2.45, 2.75) is 5.38 Å². The van der Waals surface area contributed by atoms with Gasteiger partial charge < -0.3 is 0 Å². The third-order valence-corrected chi connectivity index (χ3v) is 2.66. The van der Waals surface area contributed by atoms with Crippen molar-refractivity contribution in [2.75, 3.05) is 0 Å². The maximum Gasteiger partial charge on any atom is 0.346 e. The fourth-order valence-electron chi connectivity index (χ4n) is 1.13. The summed E-state index contributed by atoms with van der Waals surface area (Å²) in [5.41, 5.74) is -1.38. The molecule has 9 heteroatoms. The Bertz CT molecular complexity index is 505. The summed E-state index contributed by atoms with van der Waals surface area (Å²) >= 11 is 10.7. The van der Waals surface area contributed by atoms with Crippen molar-refractivity contribution >= 4 is 39.8 Å². The molecule has 0 N–H and O–H groups in total. The fourth-order valence-corrected chi connectivity index (χ4v) is 1.39. The Morgan fingerprint density at radius 1 is 1.18 bits per heavy atom. The van der Waals surface area contributed by atoms with E-state index in [-0.39, 0.29) is 5.56 Å². The first-order valence-corrected chi connectivity index (χ1v) is 4.92. The Kier molecular flexibility index (Phi) is 3.97. The second-order valence-corrected chi connectivity index (χ2v) is 3.74. The Labute approximate surface area is 104 Å². The van der Waals surface area contributed by atoms with E-state index in [9.17, 15) is 25.0 Å². The van der Waals surface area contributed by atoms with Crippen LogP contribution in [0, 0.1) is 20.2 Å². The number of carbonyl (C=O) groups excluding carboxylic acids is 1. The van der Waals surface area contributed by atoms with Gasteiger partial charge in [-0.05, 0) is 23.2 Å². The molecule has 0 fully saturated rings. The molecule has 7 nitrogen and oxygen atoms in total. The Morgan fingerprint density at radius 2 is 1.71 bits per heavy atom. The van der Waals surface area contributed by atoms with Gasteiger partial charge in [-0.2, -0.15) is 0 Å². The van der Waals surface area contributed by atoms with E-state index in [0.29, 0.717) is 0 Å². The summed E-state index contributed by atoms with van der Waals surface area (Å²) in [6, 6.07) is 2.90. The zero-order chi connectivity index (χ0) is 13.2. The minimum atomic E-state index is -1.28. The summed E-state index contributed by atoms with van der Waals surface area (Å²) in [5, 5.41) is 18.9. The van der Waals surface area contributed by atoms with Crippen LogP contribution in [0.15, 0.2) is 18.2 Å². The van der Waals surface area contributed by atoms with Gasteiger partial charge in [0.05, 0.1) is 9.85 Å². The third kappa shape index (κ3) is 2.89. The van der Waals surface area contributed by atoms with Gasteiger partial charge >= 0.3 is 11.4 Å². The first kappa shape index (κ1) is 13.3. The van der Waals surface area contributed by atoms with Crippen molar-refractivity contribution in [3.63, 3.8) is 0 Å². The van der Waals surface area contributed by atoms with E-state index in [0.717, 1.165) is 18.2 Å². The van der Waals surface area contributed by atoms with Crippen molar-refractivity contribution in [3.05, 3.63) is 44.0 Å². The van der Waals surface area contributed by atoms with Gasteiger partial charge in [0.25, 0.3) is 0 Å². The molecular weight excluding hydrogens is 275 g/mol. The van der Waals surface area contributed by atoms with Crippen LogP contribution in [-0.4, -0.2) is 15.1 Å². The Hall–Kier alpha value is -1.73. The predicted molar refractivity (Wildman–Crippen MR) is 59.2 cm³/mol. The van der Waals surface area contributed by atoms with E-state index in [1.165, 1.54) is 0 Å². The van der Waals surface area contributed by atoms with Gasteiger partial charge in [-0.15, -0.1) is 11.6 Å². The molecule has 1 aromatic rings. The maximum atomic E-state index is 10.8. The standard InChI is InChI=1S/C8H4Cl2N2O5/c9-7(8(10)13)4-1-2-5(11(14)15)6(3-4)12(16)17/h1-3,7H. The van der Waals surface area contributed by atoms with E-state index in [1.807, 2.05) is 0 Å². The summed E-state index contributed by atoms with van der Waals surface area (Å²) in [5.74, 6) is 0. The third-order valence-electron chi connectivity index (χ3n) is 1.88. The van der Waals surface area contributed by atoms with Crippen LogP contribution in [0.2, 0.25) is 0 Å². The van der Waals surface area contributed by atoms with E-state index < -0.39 is 31.8 Å². The first-order valence-electron chi connectivity index (χ1n) is 4.10. The molecule has 0 bridgehead atoms. The molecule has 17 heavy (non-hydrogen) atoms. The van der Waals surface area contributed by atoms with E-state index in [2.05, 4.69) is 0 Å². The van der Waals surface area contributed by atoms with E-state index in [1.54, 1.807) is 0 Å². The minimum absolute atomic E-state index is 0.0315. The molecule has 0 amide bonds. The van der Waals surface area contributed by atoms with Crippen LogP contribution < -0.4 is 0 Å². The molecule has 0 aromatic heterocycles. The second-order valence-electron chi connectivity index (χ2n) is 2.93. The highest BCUT2D eigenvalue weighted by Gasteiger charge is 2.27. The van der Waals surface area contributed by atoms with Gasteiger partial charge in [0, 0.05) is 12.1 Å². The summed E-state index contributed by atoms with van der Waals surface area (Å²) in [6.07, 6.45) is 0. The van der Waals surface area contributed by atoms with Gasteiger partial charge in [0.15, 0.2) is 0 Å². The molecule has 0 aliphatic rings. The Balaban J connectivity index is 3.33. The number of carbonyl (C=O) groups is 1. The molecular formula is C8H4Cl2N2O5. The molecule has 0 aliphatic heterocycles. The van der Waals surface area contributed by atoms with Gasteiger partial charge in [-0.1, -0.05) is 0 Å². The van der Waals surface area contributed by atoms with Crippen LogP contribution in [-0.2, 0) is 4.79 Å². The molecule has 90 valence electrons.